The first kappa shape index (κ1) is 16.3. The van der Waals surface area contributed by atoms with Gasteiger partial charge in [-0.05, 0) is 24.3 Å². The van der Waals surface area contributed by atoms with Crippen LogP contribution in [0, 0.1) is 0 Å². The van der Waals surface area contributed by atoms with Gasteiger partial charge in [0.2, 0.25) is 5.76 Å². The van der Waals surface area contributed by atoms with E-state index in [1.54, 1.807) is 12.1 Å². The molecule has 120 valence electrons. The molecule has 0 fully saturated rings. The van der Waals surface area contributed by atoms with Crippen LogP contribution < -0.4 is 0 Å². The lowest BCUT2D eigenvalue weighted by atomic mass is 10.1. The zero-order valence-corrected chi connectivity index (χ0v) is 12.5. The first-order valence-corrected chi connectivity index (χ1v) is 6.58. The fraction of sp³-hybridized carbons (Fsp3) is 0.188. The molecule has 0 spiro atoms. The molecule has 7 heteroatoms. The van der Waals surface area contributed by atoms with Crippen LogP contribution in [0.15, 0.2) is 40.8 Å². The Hall–Kier alpha value is -3.09. The highest BCUT2D eigenvalue weighted by molar-refractivity contribution is 6.03. The minimum Gasteiger partial charge on any atom is -0.465 e. The molecule has 0 N–H and O–H groups in total. The van der Waals surface area contributed by atoms with Crippen LogP contribution in [-0.4, -0.2) is 32.1 Å². The highest BCUT2D eigenvalue weighted by atomic mass is 16.6. The van der Waals surface area contributed by atoms with Gasteiger partial charge >= 0.3 is 17.9 Å². The van der Waals surface area contributed by atoms with Gasteiger partial charge in [0.1, 0.15) is 12.4 Å². The van der Waals surface area contributed by atoms with Crippen LogP contribution in [-0.2, 0) is 20.8 Å². The van der Waals surface area contributed by atoms with Crippen LogP contribution in [0.3, 0.4) is 0 Å². The molecule has 0 saturated carbocycles. The molecule has 0 amide bonds. The van der Waals surface area contributed by atoms with Gasteiger partial charge in [-0.2, -0.15) is 0 Å². The summed E-state index contributed by atoms with van der Waals surface area (Å²) >= 11 is 0. The average molecular weight is 318 g/mol. The highest BCUT2D eigenvalue weighted by Crippen LogP contribution is 2.14. The van der Waals surface area contributed by atoms with Gasteiger partial charge in [-0.25, -0.2) is 14.4 Å². The van der Waals surface area contributed by atoms with Gasteiger partial charge in [-0.15, -0.1) is 0 Å². The van der Waals surface area contributed by atoms with Gasteiger partial charge in [0.05, 0.1) is 25.3 Å². The standard InChI is InChI=1S/C16H14O7/c1-20-14(17)11-5-3-4-6-12(11)15(18)22-9-10-7-8-13(23-10)16(19)21-2/h3-8H,9H2,1-2H3. The normalized spacial score (nSPS) is 10.0. The number of rotatable bonds is 5. The second kappa shape index (κ2) is 7.26. The zero-order valence-electron chi connectivity index (χ0n) is 12.5. The summed E-state index contributed by atoms with van der Waals surface area (Å²) in [7, 11) is 2.45. The van der Waals surface area contributed by atoms with Crippen LogP contribution in [0.2, 0.25) is 0 Å². The molecule has 2 aromatic rings. The molecule has 0 bridgehead atoms. The van der Waals surface area contributed by atoms with E-state index in [0.717, 1.165) is 0 Å². The number of hydrogen-bond acceptors (Lipinski definition) is 7. The largest absolute Gasteiger partial charge is 0.465 e. The van der Waals surface area contributed by atoms with E-state index in [1.165, 1.54) is 38.5 Å². The van der Waals surface area contributed by atoms with Gasteiger partial charge in [-0.3, -0.25) is 0 Å². The molecular formula is C16H14O7. The molecule has 0 atom stereocenters. The number of methoxy groups -OCH3 is 2. The molecule has 0 aliphatic heterocycles. The number of esters is 3. The molecule has 1 heterocycles. The Labute approximate surface area is 131 Å². The van der Waals surface area contributed by atoms with Crippen LogP contribution in [0.25, 0.3) is 0 Å². The average Bonchev–Trinajstić information content (AvgIpc) is 3.07. The molecule has 0 unspecified atom stereocenters. The number of carbonyl (C=O) groups excluding carboxylic acids is 3. The van der Waals surface area contributed by atoms with E-state index in [9.17, 15) is 14.4 Å². The smallest absolute Gasteiger partial charge is 0.373 e. The molecule has 2 rings (SSSR count). The van der Waals surface area contributed by atoms with Crippen molar-refractivity contribution < 1.29 is 33.0 Å². The van der Waals surface area contributed by atoms with Gasteiger partial charge < -0.3 is 18.6 Å². The van der Waals surface area contributed by atoms with Crippen LogP contribution in [0.1, 0.15) is 37.0 Å². The summed E-state index contributed by atoms with van der Waals surface area (Å²) in [5, 5.41) is 0. The van der Waals surface area contributed by atoms with E-state index in [2.05, 4.69) is 9.47 Å². The molecule has 0 aliphatic rings. The van der Waals surface area contributed by atoms with E-state index >= 15 is 0 Å². The third-order valence-electron chi connectivity index (χ3n) is 2.95. The molecule has 1 aromatic carbocycles. The highest BCUT2D eigenvalue weighted by Gasteiger charge is 2.19. The molecule has 1 aromatic heterocycles. The SMILES string of the molecule is COC(=O)c1ccc(COC(=O)c2ccccc2C(=O)OC)o1. The van der Waals surface area contributed by atoms with Gasteiger partial charge in [0.25, 0.3) is 0 Å². The predicted molar refractivity (Wildman–Crippen MR) is 76.9 cm³/mol. The summed E-state index contributed by atoms with van der Waals surface area (Å²) in [6.45, 7) is -0.189. The summed E-state index contributed by atoms with van der Waals surface area (Å²) in [5.74, 6) is -1.69. The van der Waals surface area contributed by atoms with Gasteiger partial charge in [0.15, 0.2) is 0 Å². The number of carbonyl (C=O) groups is 3. The number of furan rings is 1. The minimum atomic E-state index is -0.706. The Balaban J connectivity index is 2.07. The van der Waals surface area contributed by atoms with Crippen molar-refractivity contribution in [3.63, 3.8) is 0 Å². The molecular weight excluding hydrogens is 304 g/mol. The first-order valence-electron chi connectivity index (χ1n) is 6.58. The van der Waals surface area contributed by atoms with Crippen molar-refractivity contribution in [1.29, 1.82) is 0 Å². The maximum Gasteiger partial charge on any atom is 0.373 e. The lowest BCUT2D eigenvalue weighted by Gasteiger charge is -2.07. The van der Waals surface area contributed by atoms with Crippen LogP contribution in [0.4, 0.5) is 0 Å². The van der Waals surface area contributed by atoms with E-state index in [4.69, 9.17) is 9.15 Å². The summed E-state index contributed by atoms with van der Waals surface area (Å²) in [6.07, 6.45) is 0. The third kappa shape index (κ3) is 3.76. The van der Waals surface area contributed by atoms with E-state index in [0.29, 0.717) is 0 Å². The van der Waals surface area contributed by atoms with Crippen LogP contribution >= 0.6 is 0 Å². The Morgan fingerprint density at radius 2 is 1.48 bits per heavy atom. The topological polar surface area (TPSA) is 92.0 Å². The van der Waals surface area contributed by atoms with E-state index in [1.807, 2.05) is 0 Å². The van der Waals surface area contributed by atoms with Crippen molar-refractivity contribution in [3.8, 4) is 0 Å². The Bertz CT molecular complexity index is 730. The summed E-state index contributed by atoms with van der Waals surface area (Å²) < 4.78 is 19.4. The van der Waals surface area contributed by atoms with Crippen molar-refractivity contribution in [2.45, 2.75) is 6.61 Å². The van der Waals surface area contributed by atoms with Crippen molar-refractivity contribution in [1.82, 2.24) is 0 Å². The maximum atomic E-state index is 12.1. The van der Waals surface area contributed by atoms with Gasteiger partial charge in [-0.1, -0.05) is 12.1 Å². The molecule has 7 nitrogen and oxygen atoms in total. The quantitative estimate of drug-likeness (QED) is 0.616. The zero-order chi connectivity index (χ0) is 16.8. The van der Waals surface area contributed by atoms with E-state index in [-0.39, 0.29) is 29.3 Å². The summed E-state index contributed by atoms with van der Waals surface area (Å²) in [5.41, 5.74) is 0.189. The Morgan fingerprint density at radius 3 is 2.09 bits per heavy atom. The van der Waals surface area contributed by atoms with Gasteiger partial charge in [0, 0.05) is 0 Å². The number of hydrogen-bond donors (Lipinski definition) is 0. The van der Waals surface area contributed by atoms with Crippen molar-refractivity contribution in [3.05, 3.63) is 59.0 Å². The van der Waals surface area contributed by atoms with Crippen LogP contribution in [0.5, 0.6) is 0 Å². The summed E-state index contributed by atoms with van der Waals surface area (Å²) in [4.78, 5) is 35.0. The Kier molecular flexibility index (Phi) is 5.14. The fourth-order valence-electron chi connectivity index (χ4n) is 1.83. The fourth-order valence-corrected chi connectivity index (χ4v) is 1.83. The second-order valence-corrected chi connectivity index (χ2v) is 4.37. The van der Waals surface area contributed by atoms with E-state index < -0.39 is 17.9 Å². The monoisotopic (exact) mass is 318 g/mol. The van der Waals surface area contributed by atoms with Crippen molar-refractivity contribution in [2.24, 2.45) is 0 Å². The van der Waals surface area contributed by atoms with Crippen molar-refractivity contribution >= 4 is 17.9 Å². The Morgan fingerprint density at radius 1 is 0.870 bits per heavy atom. The predicted octanol–water partition coefficient (Wildman–Crippen LogP) is 2.21. The maximum absolute atomic E-state index is 12.1. The third-order valence-corrected chi connectivity index (χ3v) is 2.95. The second-order valence-electron chi connectivity index (χ2n) is 4.37. The number of ether oxygens (including phenoxy) is 3. The lowest BCUT2D eigenvalue weighted by molar-refractivity contribution is 0.0426. The molecule has 0 radical (unpaired) electrons. The minimum absolute atomic E-state index is 0.00788. The lowest BCUT2D eigenvalue weighted by Crippen LogP contribution is -2.12. The van der Waals surface area contributed by atoms with Crippen molar-refractivity contribution in [2.75, 3.05) is 14.2 Å². The molecule has 0 aliphatic carbocycles. The number of benzene rings is 1. The summed E-state index contributed by atoms with van der Waals surface area (Å²) in [6, 6.07) is 9.04. The molecule has 23 heavy (non-hydrogen) atoms. The first-order chi connectivity index (χ1) is 11.1. The molecule has 0 saturated heterocycles.